The van der Waals surface area contributed by atoms with Gasteiger partial charge in [-0.05, 0) is 84.0 Å². The molecule has 550 valence electrons. The summed E-state index contributed by atoms with van der Waals surface area (Å²) in [4.78, 5) is 25.1. The second-order valence-electron chi connectivity index (χ2n) is 28.1. The first kappa shape index (κ1) is 89.4. The molecule has 0 saturated carbocycles. The van der Waals surface area contributed by atoms with E-state index in [4.69, 9.17) is 14.2 Å². The van der Waals surface area contributed by atoms with Gasteiger partial charge in [-0.1, -0.05) is 357 Å². The molecule has 0 aromatic carbocycles. The first-order valence-corrected chi connectivity index (χ1v) is 40.5. The van der Waals surface area contributed by atoms with E-state index in [1.165, 1.54) is 302 Å². The zero-order chi connectivity index (χ0) is 67.9. The van der Waals surface area contributed by atoms with Gasteiger partial charge >= 0.3 is 5.97 Å². The normalized spacial score (nSPS) is 17.7. The molecule has 0 aliphatic carbocycles. The van der Waals surface area contributed by atoms with E-state index in [0.717, 1.165) is 64.2 Å². The largest absolute Gasteiger partial charge is 0.466 e. The zero-order valence-corrected chi connectivity index (χ0v) is 61.4. The molecular weight excluding hydrogens is 1170 g/mol. The number of nitrogens with one attached hydrogen (secondary N) is 1. The van der Waals surface area contributed by atoms with Crippen molar-refractivity contribution in [3.63, 3.8) is 0 Å². The number of unbranched alkanes of at least 4 members (excludes halogenated alkanes) is 51. The Morgan fingerprint density at radius 2 is 0.766 bits per heavy atom. The van der Waals surface area contributed by atoms with E-state index in [-0.39, 0.29) is 18.5 Å². The van der Waals surface area contributed by atoms with Crippen molar-refractivity contribution in [1.29, 1.82) is 0 Å². The topological polar surface area (TPSA) is 175 Å². The molecule has 0 aromatic heterocycles. The Morgan fingerprint density at radius 3 is 1.17 bits per heavy atom. The van der Waals surface area contributed by atoms with E-state index >= 15 is 0 Å². The van der Waals surface area contributed by atoms with Crippen molar-refractivity contribution in [2.75, 3.05) is 19.8 Å². The molecule has 1 saturated heterocycles. The molecule has 0 spiro atoms. The van der Waals surface area contributed by atoms with Crippen molar-refractivity contribution in [3.8, 4) is 0 Å². The van der Waals surface area contributed by atoms with Gasteiger partial charge in [0.05, 0.1) is 32.0 Å². The van der Waals surface area contributed by atoms with Crippen LogP contribution in [0.2, 0.25) is 0 Å². The lowest BCUT2D eigenvalue weighted by Crippen LogP contribution is -2.60. The summed E-state index contributed by atoms with van der Waals surface area (Å²) in [6, 6.07) is -0.832. The summed E-state index contributed by atoms with van der Waals surface area (Å²) < 4.78 is 16.7. The summed E-state index contributed by atoms with van der Waals surface area (Å²) in [5.74, 6) is -0.176. The predicted molar refractivity (Wildman–Crippen MR) is 398 cm³/mol. The monoisotopic (exact) mass is 1320 g/mol. The molecule has 0 radical (unpaired) electrons. The summed E-state index contributed by atoms with van der Waals surface area (Å²) in [5, 5.41) is 54.3. The zero-order valence-electron chi connectivity index (χ0n) is 61.4. The number of hydrogen-bond donors (Lipinski definition) is 6. The van der Waals surface area contributed by atoms with Gasteiger partial charge < -0.3 is 45.1 Å². The molecule has 11 nitrogen and oxygen atoms in total. The minimum Gasteiger partial charge on any atom is -0.466 e. The summed E-state index contributed by atoms with van der Waals surface area (Å²) in [6.07, 6.45) is 87.4. The maximum atomic E-state index is 13.0. The number of hydrogen-bond acceptors (Lipinski definition) is 10. The lowest BCUT2D eigenvalue weighted by molar-refractivity contribution is -0.302. The maximum absolute atomic E-state index is 13.0. The van der Waals surface area contributed by atoms with E-state index in [9.17, 15) is 35.1 Å². The van der Waals surface area contributed by atoms with Crippen LogP contribution in [0.5, 0.6) is 0 Å². The third-order valence-corrected chi connectivity index (χ3v) is 19.2. The number of rotatable bonds is 72. The van der Waals surface area contributed by atoms with Crippen LogP contribution in [-0.2, 0) is 23.8 Å². The number of aliphatic hydroxyl groups is 5. The van der Waals surface area contributed by atoms with Crippen molar-refractivity contribution in [2.45, 2.75) is 436 Å². The first-order chi connectivity index (χ1) is 46.2. The Labute approximate surface area is 579 Å². The van der Waals surface area contributed by atoms with Crippen LogP contribution >= 0.6 is 0 Å². The fourth-order valence-corrected chi connectivity index (χ4v) is 12.9. The molecule has 6 N–H and O–H groups in total. The van der Waals surface area contributed by atoms with E-state index in [0.29, 0.717) is 19.4 Å². The second kappa shape index (κ2) is 71.6. The van der Waals surface area contributed by atoms with Gasteiger partial charge in [0.15, 0.2) is 6.29 Å². The number of amides is 1. The molecule has 0 aromatic rings. The summed E-state index contributed by atoms with van der Waals surface area (Å²) >= 11 is 0. The minimum absolute atomic E-state index is 0.0191. The van der Waals surface area contributed by atoms with E-state index < -0.39 is 49.5 Å². The lowest BCUT2D eigenvalue weighted by atomic mass is 9.99. The molecule has 11 heteroatoms. The molecule has 7 atom stereocenters. The molecule has 94 heavy (non-hydrogen) atoms. The molecule has 1 heterocycles. The van der Waals surface area contributed by atoms with E-state index in [1.54, 1.807) is 6.08 Å². The molecule has 1 fully saturated rings. The Hall–Kier alpha value is -2.64. The summed E-state index contributed by atoms with van der Waals surface area (Å²) in [7, 11) is 0. The second-order valence-corrected chi connectivity index (χ2v) is 28.1. The molecule has 0 bridgehead atoms. The highest BCUT2D eigenvalue weighted by molar-refractivity contribution is 5.76. The minimum atomic E-state index is -1.58. The fourth-order valence-electron chi connectivity index (χ4n) is 12.9. The van der Waals surface area contributed by atoms with Gasteiger partial charge in [0, 0.05) is 12.8 Å². The third-order valence-electron chi connectivity index (χ3n) is 19.2. The average molecular weight is 1330 g/mol. The Balaban J connectivity index is 1.85. The van der Waals surface area contributed by atoms with Crippen molar-refractivity contribution in [3.05, 3.63) is 60.8 Å². The van der Waals surface area contributed by atoms with Gasteiger partial charge in [-0.2, -0.15) is 0 Å². The van der Waals surface area contributed by atoms with Crippen molar-refractivity contribution >= 4 is 11.9 Å². The Morgan fingerprint density at radius 1 is 0.415 bits per heavy atom. The van der Waals surface area contributed by atoms with Crippen LogP contribution in [0.1, 0.15) is 393 Å². The highest BCUT2D eigenvalue weighted by Crippen LogP contribution is 2.24. The third kappa shape index (κ3) is 59.4. The summed E-state index contributed by atoms with van der Waals surface area (Å²) in [5.41, 5.74) is 0. The molecule has 1 aliphatic rings. The fraction of sp³-hybridized carbons (Fsp3) is 0.855. The maximum Gasteiger partial charge on any atom is 0.305 e. The predicted octanol–water partition coefficient (Wildman–Crippen LogP) is 22.0. The standard InChI is InChI=1S/C83H153NO10/c1-3-5-7-9-11-13-14-15-16-17-42-45-48-51-55-59-63-67-71-79(88)92-72-68-64-60-56-52-49-46-43-40-38-36-34-32-30-28-26-24-22-20-18-19-21-23-25-27-29-31-33-35-37-39-41-44-47-50-54-58-62-66-70-78(87)84-75(76(86)69-65-61-57-53-12-10-8-6-4-2)74-93-83-82(91)81(90)80(89)77(73-85)94-83/h4,6,12,18-19,22,24,53,65,69,75-77,80-83,85-86,89-91H,3,5,7-11,13-17,20-21,23,25-52,54-64,66-68,70-74H2,1-2H3,(H,84,87)/b6-4+,19-18-,24-22-,53-12+,69-65+. The van der Waals surface area contributed by atoms with Crippen LogP contribution in [0.4, 0.5) is 0 Å². The number of esters is 1. The lowest BCUT2D eigenvalue weighted by Gasteiger charge is -2.40. The highest BCUT2D eigenvalue weighted by atomic mass is 16.7. The van der Waals surface area contributed by atoms with Crippen molar-refractivity contribution in [1.82, 2.24) is 5.32 Å². The first-order valence-electron chi connectivity index (χ1n) is 40.5. The molecule has 7 unspecified atom stereocenters. The molecule has 1 aliphatic heterocycles. The quantitative estimate of drug-likeness (QED) is 0.0195. The van der Waals surface area contributed by atoms with Gasteiger partial charge in [0.1, 0.15) is 24.4 Å². The van der Waals surface area contributed by atoms with Crippen molar-refractivity contribution in [2.24, 2.45) is 0 Å². The number of allylic oxidation sites excluding steroid dienone is 9. The van der Waals surface area contributed by atoms with Crippen LogP contribution in [0.3, 0.4) is 0 Å². The SMILES string of the molecule is C/C=C/CC/C=C/CC/C=C/C(O)C(COC1OC(CO)C(O)C(O)C1O)NC(=O)CCCCCCCCCCCCCCCCCCC/C=C\C/C=C\CCCCCCCCCCCCCCCCCOC(=O)CCCCCCCCCCCCCCCCCCCC. The van der Waals surface area contributed by atoms with Gasteiger partial charge in [-0.15, -0.1) is 0 Å². The van der Waals surface area contributed by atoms with Crippen LogP contribution in [0.15, 0.2) is 60.8 Å². The van der Waals surface area contributed by atoms with Crippen LogP contribution in [0.25, 0.3) is 0 Å². The van der Waals surface area contributed by atoms with Crippen LogP contribution < -0.4 is 5.32 Å². The van der Waals surface area contributed by atoms with Crippen LogP contribution in [-0.4, -0.2) is 100 Å². The molecular formula is C83H153NO10. The number of carbonyl (C=O) groups is 2. The van der Waals surface area contributed by atoms with Crippen molar-refractivity contribution < 1.29 is 49.3 Å². The number of aliphatic hydroxyl groups excluding tert-OH is 5. The Bertz CT molecular complexity index is 1750. The van der Waals surface area contributed by atoms with Crippen LogP contribution in [0, 0.1) is 0 Å². The molecule has 1 amide bonds. The Kier molecular flexibility index (Phi) is 68.1. The molecule has 1 rings (SSSR count). The van der Waals surface area contributed by atoms with E-state index in [2.05, 4.69) is 54.8 Å². The van der Waals surface area contributed by atoms with Gasteiger partial charge in [0.25, 0.3) is 0 Å². The van der Waals surface area contributed by atoms with Gasteiger partial charge in [0.2, 0.25) is 5.91 Å². The summed E-state index contributed by atoms with van der Waals surface area (Å²) in [6.45, 7) is 4.14. The van der Waals surface area contributed by atoms with Gasteiger partial charge in [-0.3, -0.25) is 9.59 Å². The average Bonchev–Trinajstić information content (AvgIpc) is 0.834. The van der Waals surface area contributed by atoms with E-state index in [1.807, 2.05) is 19.1 Å². The van der Waals surface area contributed by atoms with Gasteiger partial charge in [-0.25, -0.2) is 0 Å². The smallest absolute Gasteiger partial charge is 0.305 e. The highest BCUT2D eigenvalue weighted by Gasteiger charge is 2.44. The number of ether oxygens (including phenoxy) is 3. The number of carbonyl (C=O) groups excluding carboxylic acids is 2.